The van der Waals surface area contributed by atoms with Crippen LogP contribution in [0.4, 0.5) is 23.2 Å². The molecule has 5 rings (SSSR count). The van der Waals surface area contributed by atoms with E-state index in [0.717, 1.165) is 17.0 Å². The zero-order chi connectivity index (χ0) is 28.0. The molecule has 3 heterocycles. The molecule has 38 heavy (non-hydrogen) atoms. The van der Waals surface area contributed by atoms with Crippen molar-refractivity contribution in [3.8, 4) is 0 Å². The van der Waals surface area contributed by atoms with Crippen LogP contribution in [0.2, 0.25) is 5.15 Å². The molecule has 3 aromatic heterocycles. The minimum Gasteiger partial charge on any atom is -0.320 e. The maximum Gasteiger partial charge on any atom is 0.261 e. The summed E-state index contributed by atoms with van der Waals surface area (Å²) in [6, 6.07) is 12.2. The summed E-state index contributed by atoms with van der Waals surface area (Å²) in [5.74, 6) is -5.14. The van der Waals surface area contributed by atoms with Gasteiger partial charge in [0.15, 0.2) is 28.4 Å². The number of hydrogen-bond acceptors (Lipinski definition) is 4. The first kappa shape index (κ1) is 28.3. The maximum atomic E-state index is 13.6. The van der Waals surface area contributed by atoms with E-state index in [1.807, 2.05) is 13.8 Å². The van der Waals surface area contributed by atoms with Crippen molar-refractivity contribution in [2.24, 2.45) is 0 Å². The van der Waals surface area contributed by atoms with Crippen molar-refractivity contribution >= 4 is 45.0 Å². The molecule has 1 amide bonds. The van der Waals surface area contributed by atoms with E-state index in [2.05, 4.69) is 15.0 Å². The summed E-state index contributed by atoms with van der Waals surface area (Å²) in [6.07, 6.45) is 2.99. The second kappa shape index (κ2) is 12.3. The number of hydrogen-bond donors (Lipinski definition) is 1. The van der Waals surface area contributed by atoms with Crippen molar-refractivity contribution in [3.63, 3.8) is 0 Å². The molecule has 0 atom stereocenters. The number of pyridine rings is 3. The van der Waals surface area contributed by atoms with E-state index in [9.17, 15) is 27.2 Å². The van der Waals surface area contributed by atoms with Gasteiger partial charge in [-0.3, -0.25) is 14.6 Å². The molecule has 5 aromatic rings. The summed E-state index contributed by atoms with van der Waals surface area (Å²) < 4.78 is 53.3. The lowest BCUT2D eigenvalue weighted by Gasteiger charge is -2.18. The topological polar surface area (TPSA) is 79.0 Å². The first-order chi connectivity index (χ1) is 18.2. The molecular formula is C27H21ClF4N4O2. The Morgan fingerprint density at radius 3 is 2.24 bits per heavy atom. The molecule has 0 aliphatic rings. The number of H-pyrrole nitrogens is 1. The van der Waals surface area contributed by atoms with Crippen LogP contribution in [0.25, 0.3) is 21.8 Å². The molecule has 0 radical (unpaired) electrons. The zero-order valence-electron chi connectivity index (χ0n) is 20.4. The molecule has 0 bridgehead atoms. The van der Waals surface area contributed by atoms with Crippen molar-refractivity contribution in [1.29, 1.82) is 0 Å². The molecule has 6 nitrogen and oxygen atoms in total. The lowest BCUT2D eigenvalue weighted by molar-refractivity contribution is 0.0988. The predicted octanol–water partition coefficient (Wildman–Crippen LogP) is 6.67. The van der Waals surface area contributed by atoms with Gasteiger partial charge in [-0.2, -0.15) is 0 Å². The summed E-state index contributed by atoms with van der Waals surface area (Å²) in [5, 5.41) is 0.120. The molecule has 196 valence electrons. The average molecular weight is 545 g/mol. The Labute approximate surface area is 219 Å². The summed E-state index contributed by atoms with van der Waals surface area (Å²) in [4.78, 5) is 35.3. The second-order valence-electron chi connectivity index (χ2n) is 7.42. The smallest absolute Gasteiger partial charge is 0.261 e. The molecule has 0 aliphatic heterocycles. The van der Waals surface area contributed by atoms with Crippen molar-refractivity contribution in [1.82, 2.24) is 15.0 Å². The SMILES string of the molecule is CC.CN(C(=O)c1cccc(F)c1F)c1cccnc1Cl.O=c1[nH]c2cccnc2c2ccc(F)c(F)c12. The monoisotopic (exact) mass is 544 g/mol. The summed E-state index contributed by atoms with van der Waals surface area (Å²) in [5.41, 5.74) is 0.245. The highest BCUT2D eigenvalue weighted by atomic mass is 35.5. The molecule has 11 heteroatoms. The number of aromatic amines is 1. The number of nitrogens with zero attached hydrogens (tertiary/aromatic N) is 3. The fraction of sp³-hybridized carbons (Fsp3) is 0.111. The molecular weight excluding hydrogens is 524 g/mol. The Balaban J connectivity index is 0.000000199. The molecule has 0 spiro atoms. The average Bonchev–Trinajstić information content (AvgIpc) is 2.93. The van der Waals surface area contributed by atoms with Crippen LogP contribution in [-0.4, -0.2) is 27.9 Å². The number of carbonyl (C=O) groups is 1. The standard InChI is InChI=1S/C13H9ClF2N2O.C12H6F2N2O.C2H6/c1-18(10-6-3-7-17-12(10)14)13(19)8-4-2-5-9(15)11(8)16;13-7-4-3-6-9(10(7)14)12(17)16-8-2-1-5-15-11(6)8;1-2/h2-7H,1H3;1-5H,(H,16,17);1-2H3. The first-order valence-corrected chi connectivity index (χ1v) is 11.7. The van der Waals surface area contributed by atoms with E-state index < -0.39 is 34.7 Å². The summed E-state index contributed by atoms with van der Waals surface area (Å²) >= 11 is 5.85. The van der Waals surface area contributed by atoms with Gasteiger partial charge in [0.25, 0.3) is 11.5 Å². The summed E-state index contributed by atoms with van der Waals surface area (Å²) in [7, 11) is 1.41. The van der Waals surface area contributed by atoms with Crippen molar-refractivity contribution < 1.29 is 22.4 Å². The van der Waals surface area contributed by atoms with Crippen LogP contribution >= 0.6 is 11.6 Å². The van der Waals surface area contributed by atoms with Gasteiger partial charge >= 0.3 is 0 Å². The van der Waals surface area contributed by atoms with Crippen LogP contribution in [0.1, 0.15) is 24.2 Å². The highest BCUT2D eigenvalue weighted by Crippen LogP contribution is 2.24. The number of halogens is 5. The number of nitrogens with one attached hydrogen (secondary N) is 1. The largest absolute Gasteiger partial charge is 0.320 e. The lowest BCUT2D eigenvalue weighted by atomic mass is 10.1. The third kappa shape index (κ3) is 5.65. The van der Waals surface area contributed by atoms with Crippen LogP contribution in [0.15, 0.2) is 71.8 Å². The zero-order valence-corrected chi connectivity index (χ0v) is 21.2. The van der Waals surface area contributed by atoms with E-state index in [4.69, 9.17) is 11.6 Å². The Hall–Kier alpha value is -4.31. The number of anilines is 1. The van der Waals surface area contributed by atoms with Crippen LogP contribution in [0.5, 0.6) is 0 Å². The minimum absolute atomic E-state index is 0.107. The van der Waals surface area contributed by atoms with Gasteiger partial charge in [-0.1, -0.05) is 31.5 Å². The Morgan fingerprint density at radius 1 is 0.868 bits per heavy atom. The Kier molecular flexibility index (Phi) is 9.14. The normalized spacial score (nSPS) is 10.3. The first-order valence-electron chi connectivity index (χ1n) is 11.3. The number of aromatic nitrogens is 3. The predicted molar refractivity (Wildman–Crippen MR) is 139 cm³/mol. The highest BCUT2D eigenvalue weighted by Gasteiger charge is 2.21. The number of benzene rings is 2. The third-order valence-electron chi connectivity index (χ3n) is 5.22. The van der Waals surface area contributed by atoms with Crippen molar-refractivity contribution in [3.05, 3.63) is 111 Å². The second-order valence-corrected chi connectivity index (χ2v) is 7.77. The van der Waals surface area contributed by atoms with Gasteiger partial charge in [0.2, 0.25) is 0 Å². The maximum absolute atomic E-state index is 13.6. The van der Waals surface area contributed by atoms with Crippen LogP contribution in [-0.2, 0) is 0 Å². The highest BCUT2D eigenvalue weighted by molar-refractivity contribution is 6.32. The molecule has 2 aromatic carbocycles. The fourth-order valence-electron chi connectivity index (χ4n) is 3.46. The van der Waals surface area contributed by atoms with E-state index in [0.29, 0.717) is 22.1 Å². The van der Waals surface area contributed by atoms with E-state index in [1.54, 1.807) is 24.3 Å². The van der Waals surface area contributed by atoms with Crippen LogP contribution < -0.4 is 10.5 Å². The van der Waals surface area contributed by atoms with Crippen molar-refractivity contribution in [2.45, 2.75) is 13.8 Å². The van der Waals surface area contributed by atoms with Crippen LogP contribution in [0, 0.1) is 23.3 Å². The van der Waals surface area contributed by atoms with Gasteiger partial charge in [-0.15, -0.1) is 0 Å². The van der Waals surface area contributed by atoms with E-state index >= 15 is 0 Å². The van der Waals surface area contributed by atoms with Gasteiger partial charge < -0.3 is 9.88 Å². The lowest BCUT2D eigenvalue weighted by Crippen LogP contribution is -2.27. The molecule has 0 saturated carbocycles. The number of rotatable bonds is 2. The molecule has 0 fully saturated rings. The number of fused-ring (bicyclic) bond motifs is 3. The quantitative estimate of drug-likeness (QED) is 0.153. The Morgan fingerprint density at radius 2 is 1.53 bits per heavy atom. The molecule has 0 saturated heterocycles. The number of amides is 1. The Bertz CT molecular complexity index is 1680. The fourth-order valence-corrected chi connectivity index (χ4v) is 3.71. The van der Waals surface area contributed by atoms with Gasteiger partial charge in [0.05, 0.1) is 27.7 Å². The van der Waals surface area contributed by atoms with Crippen molar-refractivity contribution in [2.75, 3.05) is 11.9 Å². The van der Waals surface area contributed by atoms with Gasteiger partial charge in [0, 0.05) is 24.8 Å². The molecule has 1 N–H and O–H groups in total. The number of carbonyl (C=O) groups excluding carboxylic acids is 1. The van der Waals surface area contributed by atoms with Gasteiger partial charge in [0.1, 0.15) is 0 Å². The summed E-state index contributed by atoms with van der Waals surface area (Å²) in [6.45, 7) is 4.00. The molecule has 0 unspecified atom stereocenters. The third-order valence-corrected chi connectivity index (χ3v) is 5.51. The van der Waals surface area contributed by atoms with Crippen LogP contribution in [0.3, 0.4) is 0 Å². The van der Waals surface area contributed by atoms with E-state index in [1.165, 1.54) is 37.6 Å². The minimum atomic E-state index is -1.18. The van der Waals surface area contributed by atoms with E-state index in [-0.39, 0.29) is 16.1 Å². The van der Waals surface area contributed by atoms with Gasteiger partial charge in [-0.05, 0) is 48.5 Å². The molecule has 0 aliphatic carbocycles. The van der Waals surface area contributed by atoms with Gasteiger partial charge in [-0.25, -0.2) is 22.5 Å².